The first-order chi connectivity index (χ1) is 13.3. The number of rotatable bonds is 2. The number of esters is 1. The van der Waals surface area contributed by atoms with E-state index >= 15 is 0 Å². The van der Waals surface area contributed by atoms with Crippen LogP contribution in [0.15, 0.2) is 48.6 Å². The molecule has 3 rings (SSSR count). The second-order valence-corrected chi connectivity index (χ2v) is 7.79. The number of allylic oxidation sites excluding steroid dienone is 4. The zero-order chi connectivity index (χ0) is 20.3. The molecule has 2 N–H and O–H groups in total. The van der Waals surface area contributed by atoms with Crippen molar-refractivity contribution < 1.29 is 23.9 Å². The normalized spacial score (nSPS) is 22.0. The Kier molecular flexibility index (Phi) is 5.53. The number of carbonyl (C=O) groups excluding carboxylic acids is 3. The Morgan fingerprint density at radius 2 is 1.68 bits per heavy atom. The minimum atomic E-state index is -1.08. The molecule has 28 heavy (non-hydrogen) atoms. The van der Waals surface area contributed by atoms with E-state index in [9.17, 15) is 14.4 Å². The largest absolute Gasteiger partial charge is 0.453 e. The molecule has 0 fully saturated rings. The van der Waals surface area contributed by atoms with Crippen molar-refractivity contribution >= 4 is 18.0 Å². The molecule has 0 aromatic heterocycles. The molecule has 1 aromatic carbocycles. The molecule has 0 spiro atoms. The minimum Gasteiger partial charge on any atom is -0.453 e. The first-order valence-electron chi connectivity index (χ1n) is 9.16. The molecule has 0 saturated heterocycles. The maximum absolute atomic E-state index is 12.0. The van der Waals surface area contributed by atoms with Crippen LogP contribution in [0.4, 0.5) is 4.79 Å². The van der Waals surface area contributed by atoms with Crippen molar-refractivity contribution in [1.29, 1.82) is 0 Å². The molecule has 3 atom stereocenters. The third-order valence-electron chi connectivity index (χ3n) is 4.65. The van der Waals surface area contributed by atoms with Gasteiger partial charge >= 0.3 is 18.0 Å². The van der Waals surface area contributed by atoms with Crippen LogP contribution in [0.1, 0.15) is 43.7 Å². The summed E-state index contributed by atoms with van der Waals surface area (Å²) in [5.41, 5.74) is 5.65. The van der Waals surface area contributed by atoms with E-state index in [1.807, 2.05) is 35.8 Å². The highest BCUT2D eigenvalue weighted by atomic mass is 16.6. The van der Waals surface area contributed by atoms with Gasteiger partial charge in [-0.05, 0) is 37.8 Å². The van der Waals surface area contributed by atoms with Crippen LogP contribution in [0.2, 0.25) is 0 Å². The van der Waals surface area contributed by atoms with Crippen LogP contribution in [0.25, 0.3) is 0 Å². The second kappa shape index (κ2) is 7.88. The van der Waals surface area contributed by atoms with Crippen molar-refractivity contribution in [2.24, 2.45) is 5.92 Å². The summed E-state index contributed by atoms with van der Waals surface area (Å²) in [5, 5.41) is 0. The molecule has 0 heterocycles. The average Bonchev–Trinajstić information content (AvgIpc) is 2.97. The highest BCUT2D eigenvalue weighted by Crippen LogP contribution is 2.49. The van der Waals surface area contributed by atoms with E-state index in [0.717, 1.165) is 5.56 Å². The van der Waals surface area contributed by atoms with Crippen LogP contribution < -0.4 is 10.9 Å². The fourth-order valence-corrected chi connectivity index (χ4v) is 3.56. The van der Waals surface area contributed by atoms with Crippen LogP contribution in [0, 0.1) is 5.92 Å². The Morgan fingerprint density at radius 3 is 2.39 bits per heavy atom. The number of benzene rings is 1. The van der Waals surface area contributed by atoms with Crippen LogP contribution in [-0.4, -0.2) is 30.2 Å². The molecule has 0 radical (unpaired) electrons. The molecule has 2 amide bonds. The number of hydrazine groups is 1. The summed E-state index contributed by atoms with van der Waals surface area (Å²) in [6.45, 7) is 5.08. The van der Waals surface area contributed by atoms with Gasteiger partial charge in [-0.15, -0.1) is 0 Å². The SMILES string of the molecule is CC(C)(C)OC(=O)C(=O)NNC(=O)OCC1c2ccccc2C2C=CC=CC21. The Hall–Kier alpha value is -3.09. The lowest BCUT2D eigenvalue weighted by molar-refractivity contribution is -0.163. The number of hydrogen-bond acceptors (Lipinski definition) is 5. The number of hydrogen-bond donors (Lipinski definition) is 2. The van der Waals surface area contributed by atoms with Gasteiger partial charge in [0.1, 0.15) is 12.2 Å². The average molecular weight is 384 g/mol. The van der Waals surface area contributed by atoms with Crippen LogP contribution >= 0.6 is 0 Å². The van der Waals surface area contributed by atoms with Gasteiger partial charge in [-0.3, -0.25) is 10.2 Å². The van der Waals surface area contributed by atoms with Crippen molar-refractivity contribution in [3.8, 4) is 0 Å². The molecule has 7 heteroatoms. The second-order valence-electron chi connectivity index (χ2n) is 7.79. The molecule has 0 bridgehead atoms. The van der Waals surface area contributed by atoms with Gasteiger partial charge in [-0.1, -0.05) is 48.6 Å². The van der Waals surface area contributed by atoms with Gasteiger partial charge < -0.3 is 9.47 Å². The molecule has 3 unspecified atom stereocenters. The Bertz CT molecular complexity index is 837. The predicted molar refractivity (Wildman–Crippen MR) is 102 cm³/mol. The van der Waals surface area contributed by atoms with Gasteiger partial charge in [-0.2, -0.15) is 0 Å². The quantitative estimate of drug-likeness (QED) is 0.465. The Labute approximate surface area is 163 Å². The molecule has 0 saturated carbocycles. The third-order valence-corrected chi connectivity index (χ3v) is 4.65. The van der Waals surface area contributed by atoms with Crippen molar-refractivity contribution in [3.63, 3.8) is 0 Å². The predicted octanol–water partition coefficient (Wildman–Crippen LogP) is 2.71. The Balaban J connectivity index is 1.53. The van der Waals surface area contributed by atoms with Crippen molar-refractivity contribution in [3.05, 3.63) is 59.7 Å². The summed E-state index contributed by atoms with van der Waals surface area (Å²) in [6.07, 6.45) is 7.47. The van der Waals surface area contributed by atoms with E-state index in [-0.39, 0.29) is 24.4 Å². The van der Waals surface area contributed by atoms with Gasteiger partial charge in [0.2, 0.25) is 0 Å². The number of fused-ring (bicyclic) bond motifs is 3. The fraction of sp³-hybridized carbons (Fsp3) is 0.381. The molecule has 0 aliphatic heterocycles. The maximum atomic E-state index is 12.0. The van der Waals surface area contributed by atoms with Crippen molar-refractivity contribution in [1.82, 2.24) is 10.9 Å². The highest BCUT2D eigenvalue weighted by molar-refractivity contribution is 6.32. The van der Waals surface area contributed by atoms with Crippen LogP contribution in [-0.2, 0) is 19.1 Å². The maximum Gasteiger partial charge on any atom is 0.426 e. The standard InChI is InChI=1S/C21H24N2O5/c1-21(2,3)28-19(25)18(24)22-23-20(26)27-12-17-15-10-6-4-8-13(15)14-9-5-7-11-16(14)17/h4-11,13,15,17H,12H2,1-3H3,(H,22,24)(H,23,26). The van der Waals surface area contributed by atoms with Crippen molar-refractivity contribution in [2.75, 3.05) is 6.61 Å². The lowest BCUT2D eigenvalue weighted by atomic mass is 9.84. The summed E-state index contributed by atoms with van der Waals surface area (Å²) in [5.74, 6) is -1.65. The first kappa shape index (κ1) is 19.7. The minimum absolute atomic E-state index is 0.0229. The lowest BCUT2D eigenvalue weighted by Crippen LogP contribution is -2.47. The van der Waals surface area contributed by atoms with E-state index in [4.69, 9.17) is 9.47 Å². The van der Waals surface area contributed by atoms with Gasteiger partial charge in [0, 0.05) is 11.8 Å². The van der Waals surface area contributed by atoms with Gasteiger partial charge in [0.05, 0.1) is 0 Å². The summed E-state index contributed by atoms with van der Waals surface area (Å²) in [4.78, 5) is 35.2. The van der Waals surface area contributed by atoms with Gasteiger partial charge in [-0.25, -0.2) is 15.0 Å². The summed E-state index contributed by atoms with van der Waals surface area (Å²) in [7, 11) is 0. The molecule has 1 aromatic rings. The van der Waals surface area contributed by atoms with Crippen LogP contribution in [0.5, 0.6) is 0 Å². The zero-order valence-corrected chi connectivity index (χ0v) is 16.1. The summed E-state index contributed by atoms with van der Waals surface area (Å²) < 4.78 is 10.2. The smallest absolute Gasteiger partial charge is 0.426 e. The van der Waals surface area contributed by atoms with Gasteiger partial charge in [0.25, 0.3) is 0 Å². The number of ether oxygens (including phenoxy) is 2. The zero-order valence-electron chi connectivity index (χ0n) is 16.1. The molecule has 2 aliphatic rings. The molecule has 2 aliphatic carbocycles. The van der Waals surface area contributed by atoms with Crippen molar-refractivity contribution in [2.45, 2.75) is 38.2 Å². The number of carbonyl (C=O) groups is 3. The monoisotopic (exact) mass is 384 g/mol. The topological polar surface area (TPSA) is 93.7 Å². The number of amides is 2. The Morgan fingerprint density at radius 1 is 1.00 bits per heavy atom. The van der Waals surface area contributed by atoms with E-state index < -0.39 is 23.6 Å². The van der Waals surface area contributed by atoms with E-state index in [1.54, 1.807) is 20.8 Å². The van der Waals surface area contributed by atoms with E-state index in [1.165, 1.54) is 5.56 Å². The van der Waals surface area contributed by atoms with Gasteiger partial charge in [0.15, 0.2) is 0 Å². The summed E-state index contributed by atoms with van der Waals surface area (Å²) >= 11 is 0. The highest BCUT2D eigenvalue weighted by Gasteiger charge is 2.39. The number of nitrogens with one attached hydrogen (secondary N) is 2. The first-order valence-corrected chi connectivity index (χ1v) is 9.16. The molecule has 7 nitrogen and oxygen atoms in total. The lowest BCUT2D eigenvalue weighted by Gasteiger charge is -2.22. The fourth-order valence-electron chi connectivity index (χ4n) is 3.56. The third kappa shape index (κ3) is 4.42. The van der Waals surface area contributed by atoms with Crippen LogP contribution in [0.3, 0.4) is 0 Å². The molecular weight excluding hydrogens is 360 g/mol. The summed E-state index contributed by atoms with van der Waals surface area (Å²) in [6, 6.07) is 8.12. The van der Waals surface area contributed by atoms with E-state index in [2.05, 4.69) is 23.6 Å². The molecular formula is C21H24N2O5. The van der Waals surface area contributed by atoms with E-state index in [0.29, 0.717) is 0 Å². The molecule has 148 valence electrons.